The van der Waals surface area contributed by atoms with Crippen molar-refractivity contribution in [2.24, 2.45) is 0 Å². The van der Waals surface area contributed by atoms with Crippen LogP contribution in [0.1, 0.15) is 66.8 Å². The first-order chi connectivity index (χ1) is 32.2. The fraction of sp³-hybridized carbons (Fsp3) is 0.269. The average Bonchev–Trinajstić information content (AvgIpc) is 3.36. The van der Waals surface area contributed by atoms with Gasteiger partial charge >= 0.3 is 0 Å². The van der Waals surface area contributed by atoms with Crippen LogP contribution in [-0.4, -0.2) is 54.1 Å². The van der Waals surface area contributed by atoms with Crippen LogP contribution in [0.25, 0.3) is 0 Å². The van der Waals surface area contributed by atoms with Crippen molar-refractivity contribution in [3.8, 4) is 34.5 Å². The van der Waals surface area contributed by atoms with Crippen LogP contribution >= 0.6 is 0 Å². The van der Waals surface area contributed by atoms with Crippen molar-refractivity contribution >= 4 is 0 Å². The quantitative estimate of drug-likeness (QED) is 0.0295. The van der Waals surface area contributed by atoms with E-state index in [-0.39, 0.29) is 92.5 Å². The average molecular weight is 905 g/mol. The van der Waals surface area contributed by atoms with Crippen LogP contribution in [0.15, 0.2) is 121 Å². The maximum absolute atomic E-state index is 9.70. The van der Waals surface area contributed by atoms with E-state index in [1.54, 1.807) is 72.8 Å². The zero-order valence-electron chi connectivity index (χ0n) is 36.5. The third-order valence-corrected chi connectivity index (χ3v) is 10.1. The molecular formula is C52H56O14. The van der Waals surface area contributed by atoms with Gasteiger partial charge in [-0.2, -0.15) is 0 Å². The molecule has 6 rings (SSSR count). The molecule has 0 bridgehead atoms. The molecule has 0 saturated heterocycles. The highest BCUT2D eigenvalue weighted by molar-refractivity contribution is 5.40. The van der Waals surface area contributed by atoms with Gasteiger partial charge in [0.05, 0.1) is 52.9 Å². The Morgan fingerprint density at radius 1 is 0.227 bits per heavy atom. The van der Waals surface area contributed by atoms with E-state index in [2.05, 4.69) is 0 Å². The van der Waals surface area contributed by atoms with E-state index in [0.717, 1.165) is 22.3 Å². The zero-order valence-corrected chi connectivity index (χ0v) is 36.5. The summed E-state index contributed by atoms with van der Waals surface area (Å²) in [5.74, 6) is 3.04. The summed E-state index contributed by atoms with van der Waals surface area (Å²) in [5.41, 5.74) is 7.97. The minimum atomic E-state index is -0.203. The van der Waals surface area contributed by atoms with Crippen LogP contribution in [0.4, 0.5) is 0 Å². The summed E-state index contributed by atoms with van der Waals surface area (Å²) in [6, 6.07) is 31.7. The number of benzene rings is 6. The third-order valence-electron chi connectivity index (χ3n) is 10.1. The smallest absolute Gasteiger partial charge is 0.120 e. The summed E-state index contributed by atoms with van der Waals surface area (Å²) in [6.07, 6.45) is 3.65. The van der Waals surface area contributed by atoms with Crippen LogP contribution in [0, 0.1) is 0 Å². The van der Waals surface area contributed by atoms with Gasteiger partial charge in [0.25, 0.3) is 0 Å². The van der Waals surface area contributed by atoms with E-state index < -0.39 is 0 Å². The monoisotopic (exact) mass is 904 g/mol. The highest BCUT2D eigenvalue weighted by Crippen LogP contribution is 2.27. The molecular weight excluding hydrogens is 849 g/mol. The summed E-state index contributed by atoms with van der Waals surface area (Å²) in [5, 5.41) is 77.6. The molecule has 0 amide bonds. The van der Waals surface area contributed by atoms with Gasteiger partial charge in [0.1, 0.15) is 74.1 Å². The van der Waals surface area contributed by atoms with Gasteiger partial charge in [0.2, 0.25) is 0 Å². The minimum Gasteiger partial charge on any atom is -0.490 e. The molecule has 348 valence electrons. The van der Waals surface area contributed by atoms with Gasteiger partial charge in [0, 0.05) is 0 Å². The first kappa shape index (κ1) is 49.0. The summed E-state index contributed by atoms with van der Waals surface area (Å²) >= 11 is 0. The first-order valence-electron chi connectivity index (χ1n) is 21.3. The van der Waals surface area contributed by atoms with Gasteiger partial charge in [-0.25, -0.2) is 0 Å². The van der Waals surface area contributed by atoms with Crippen molar-refractivity contribution < 1.29 is 69.3 Å². The minimum absolute atomic E-state index is 0.150. The van der Waals surface area contributed by atoms with Crippen LogP contribution in [0.3, 0.4) is 0 Å². The Bertz CT molecular complexity index is 2100. The molecule has 6 aromatic rings. The van der Waals surface area contributed by atoms with Gasteiger partial charge in [-0.3, -0.25) is 0 Å². The van der Waals surface area contributed by atoms with E-state index in [1.165, 1.54) is 0 Å². The summed E-state index contributed by atoms with van der Waals surface area (Å²) < 4.78 is 36.7. The lowest BCUT2D eigenvalue weighted by Gasteiger charge is -2.14. The Labute approximate surface area is 383 Å². The molecule has 14 nitrogen and oxygen atoms in total. The predicted molar refractivity (Wildman–Crippen MR) is 243 cm³/mol. The lowest BCUT2D eigenvalue weighted by molar-refractivity contribution is 0.268. The van der Waals surface area contributed by atoms with Crippen LogP contribution in [-0.2, 0) is 79.3 Å². The molecule has 0 fully saturated rings. The maximum atomic E-state index is 9.70. The first-order valence-corrected chi connectivity index (χ1v) is 21.3. The zero-order chi connectivity index (χ0) is 46.7. The summed E-state index contributed by atoms with van der Waals surface area (Å²) in [6.45, 7) is -0.630. The molecule has 0 aliphatic rings. The SMILES string of the molecule is OCc1cc(CO)cc(OCc2cc(COc3cc(CO)cc(CO)c3)cc(OC/C=C\COc3cc(COc4cc(CO)cc(CO)c4)cc(COc4cc(CO)cc(CO)c4)c3)c2)c1. The third kappa shape index (κ3) is 15.1. The van der Waals surface area contributed by atoms with E-state index in [9.17, 15) is 40.9 Å². The lowest BCUT2D eigenvalue weighted by atomic mass is 10.1. The number of ether oxygens (including phenoxy) is 6. The lowest BCUT2D eigenvalue weighted by Crippen LogP contribution is -2.04. The second-order valence-corrected chi connectivity index (χ2v) is 15.4. The van der Waals surface area contributed by atoms with Gasteiger partial charge in [-0.05, 0) is 164 Å². The topological polar surface area (TPSA) is 217 Å². The maximum Gasteiger partial charge on any atom is 0.120 e. The number of hydrogen-bond donors (Lipinski definition) is 8. The highest BCUT2D eigenvalue weighted by Gasteiger charge is 2.11. The molecule has 0 unspecified atom stereocenters. The Morgan fingerprint density at radius 3 is 0.591 bits per heavy atom. The molecule has 0 saturated carbocycles. The molecule has 14 heteroatoms. The Balaban J connectivity index is 1.14. The standard InChI is InChI=1S/C52H56O14/c53-23-35-5-36(24-54)12-49(11-35)63-31-43-9-44(32-64-50-13-37(25-55)6-38(14-50)26-56)20-47(19-43)61-3-1-2-4-62-48-21-45(33-65-51-15-39(27-57)7-40(16-51)28-58)10-46(22-48)34-66-52-17-41(29-59)8-42(18-52)30-60/h1-2,5-22,53-60H,3-4,23-34H2/b2-1-. The Hall–Kier alpha value is -6.46. The second-order valence-electron chi connectivity index (χ2n) is 15.4. The largest absolute Gasteiger partial charge is 0.490 e. The van der Waals surface area contributed by atoms with Crippen molar-refractivity contribution in [2.45, 2.75) is 79.3 Å². The van der Waals surface area contributed by atoms with E-state index in [4.69, 9.17) is 28.4 Å². The number of hydrogen-bond acceptors (Lipinski definition) is 14. The van der Waals surface area contributed by atoms with Crippen LogP contribution in [0.5, 0.6) is 34.5 Å². The number of rotatable bonds is 26. The fourth-order valence-electron chi connectivity index (χ4n) is 7.03. The number of aliphatic hydroxyl groups is 8. The van der Waals surface area contributed by atoms with Crippen LogP contribution < -0.4 is 28.4 Å². The molecule has 0 radical (unpaired) electrons. The van der Waals surface area contributed by atoms with Gasteiger partial charge < -0.3 is 69.3 Å². The van der Waals surface area contributed by atoms with Gasteiger partial charge in [-0.15, -0.1) is 0 Å². The predicted octanol–water partition coefficient (Wildman–Crippen LogP) is 5.96. The molecule has 0 heterocycles. The molecule has 0 atom stereocenters. The second kappa shape index (κ2) is 25.3. The molecule has 0 aliphatic carbocycles. The number of aliphatic hydroxyl groups excluding tert-OH is 8. The highest BCUT2D eigenvalue weighted by atomic mass is 16.5. The van der Waals surface area contributed by atoms with E-state index in [1.807, 2.05) is 48.6 Å². The van der Waals surface area contributed by atoms with Crippen molar-refractivity contribution in [1.82, 2.24) is 0 Å². The van der Waals surface area contributed by atoms with E-state index >= 15 is 0 Å². The molecule has 8 N–H and O–H groups in total. The molecule has 0 spiro atoms. The normalized spacial score (nSPS) is 11.2. The summed E-state index contributed by atoms with van der Waals surface area (Å²) in [7, 11) is 0. The van der Waals surface area contributed by atoms with Gasteiger partial charge in [0.15, 0.2) is 0 Å². The Morgan fingerprint density at radius 2 is 0.394 bits per heavy atom. The van der Waals surface area contributed by atoms with Crippen molar-refractivity contribution in [1.29, 1.82) is 0 Å². The summed E-state index contributed by atoms with van der Waals surface area (Å²) in [4.78, 5) is 0. The molecule has 66 heavy (non-hydrogen) atoms. The van der Waals surface area contributed by atoms with Crippen LogP contribution in [0.2, 0.25) is 0 Å². The molecule has 0 aliphatic heterocycles. The molecule has 6 aromatic carbocycles. The van der Waals surface area contributed by atoms with Crippen molar-refractivity contribution in [3.05, 3.63) is 188 Å². The molecule has 0 aromatic heterocycles. The van der Waals surface area contributed by atoms with Gasteiger partial charge in [-0.1, -0.05) is 24.3 Å². The fourth-order valence-corrected chi connectivity index (χ4v) is 7.03. The van der Waals surface area contributed by atoms with Crippen molar-refractivity contribution in [2.75, 3.05) is 13.2 Å². The van der Waals surface area contributed by atoms with E-state index in [0.29, 0.717) is 79.0 Å². The van der Waals surface area contributed by atoms with Crippen molar-refractivity contribution in [3.63, 3.8) is 0 Å². The Kier molecular flexibility index (Phi) is 18.8.